The van der Waals surface area contributed by atoms with E-state index in [9.17, 15) is 17.6 Å². The first-order valence-electron chi connectivity index (χ1n) is 12.1. The number of halogens is 1. The van der Waals surface area contributed by atoms with Gasteiger partial charge in [0.05, 0.1) is 23.7 Å². The largest absolute Gasteiger partial charge is 0.497 e. The topological polar surface area (TPSA) is 75.7 Å². The number of nitrogens with one attached hydrogen (secondary N) is 1. The van der Waals surface area contributed by atoms with Gasteiger partial charge in [-0.15, -0.1) is 0 Å². The molecule has 0 aromatic heterocycles. The highest BCUT2D eigenvalue weighted by Gasteiger charge is 2.28. The van der Waals surface area contributed by atoms with Crippen molar-refractivity contribution in [3.8, 4) is 5.75 Å². The zero-order chi connectivity index (χ0) is 25.7. The zero-order valence-corrected chi connectivity index (χ0v) is 21.4. The lowest BCUT2D eigenvalue weighted by Gasteiger charge is -2.26. The minimum Gasteiger partial charge on any atom is -0.497 e. The molecule has 0 heterocycles. The Bertz CT molecular complexity index is 1310. The van der Waals surface area contributed by atoms with Crippen LogP contribution in [0.25, 0.3) is 0 Å². The monoisotopic (exact) mass is 510 g/mol. The number of ether oxygens (including phenoxy) is 1. The van der Waals surface area contributed by atoms with Gasteiger partial charge in [0.2, 0.25) is 5.91 Å². The summed E-state index contributed by atoms with van der Waals surface area (Å²) in [5.74, 6) is -0.430. The molecule has 36 heavy (non-hydrogen) atoms. The molecule has 1 N–H and O–H groups in total. The summed E-state index contributed by atoms with van der Waals surface area (Å²) in [5.41, 5.74) is 3.89. The van der Waals surface area contributed by atoms with Crippen molar-refractivity contribution in [3.63, 3.8) is 0 Å². The first-order chi connectivity index (χ1) is 17.3. The Kier molecular flexibility index (Phi) is 7.94. The molecule has 3 aromatic carbocycles. The maximum absolute atomic E-state index is 13.6. The molecular weight excluding hydrogens is 479 g/mol. The molecule has 1 aliphatic carbocycles. The minimum atomic E-state index is -4.11. The quantitative estimate of drug-likeness (QED) is 0.431. The average molecular weight is 511 g/mol. The van der Waals surface area contributed by atoms with E-state index in [2.05, 4.69) is 17.4 Å². The molecule has 0 aliphatic heterocycles. The highest BCUT2D eigenvalue weighted by Crippen LogP contribution is 2.28. The molecule has 0 saturated heterocycles. The number of amides is 1. The van der Waals surface area contributed by atoms with Crippen molar-refractivity contribution < 1.29 is 22.3 Å². The number of nitrogens with zero attached hydrogens (tertiary/aromatic N) is 1. The van der Waals surface area contributed by atoms with E-state index in [1.807, 2.05) is 13.0 Å². The Hall–Kier alpha value is -3.39. The van der Waals surface area contributed by atoms with E-state index >= 15 is 0 Å². The second-order valence-corrected chi connectivity index (χ2v) is 10.8. The van der Waals surface area contributed by atoms with Crippen molar-refractivity contribution in [2.24, 2.45) is 0 Å². The number of methoxy groups -OCH3 is 1. The van der Waals surface area contributed by atoms with Crippen LogP contribution in [0.2, 0.25) is 0 Å². The highest BCUT2D eigenvalue weighted by atomic mass is 32.2. The standard InChI is InChI=1S/C28H31FN2O4S/c1-3-27(22-9-8-20-6-4-5-7-21(20)18-22)30-28(32)19-31(24-12-10-23(29)11-13-24)36(33,34)26-16-14-25(35-2)15-17-26/h8-18,27H,3-7,19H2,1-2H3,(H,30,32)/t27-/m0/s1. The van der Waals surface area contributed by atoms with E-state index in [-0.39, 0.29) is 16.6 Å². The SMILES string of the molecule is CC[C@H](NC(=O)CN(c1ccc(F)cc1)S(=O)(=O)c1ccc(OC)cc1)c1ccc2c(c1)CCCC2. The highest BCUT2D eigenvalue weighted by molar-refractivity contribution is 7.92. The number of rotatable bonds is 9. The third kappa shape index (κ3) is 5.70. The molecule has 1 aliphatic rings. The second kappa shape index (κ2) is 11.1. The van der Waals surface area contributed by atoms with Crippen molar-refractivity contribution in [1.29, 1.82) is 0 Å². The summed E-state index contributed by atoms with van der Waals surface area (Å²) in [7, 11) is -2.62. The van der Waals surface area contributed by atoms with E-state index in [0.29, 0.717) is 12.2 Å². The maximum atomic E-state index is 13.6. The fourth-order valence-corrected chi connectivity index (χ4v) is 5.98. The number of hydrogen-bond acceptors (Lipinski definition) is 4. The van der Waals surface area contributed by atoms with Crippen LogP contribution in [-0.4, -0.2) is 28.0 Å². The van der Waals surface area contributed by atoms with Gasteiger partial charge in [-0.25, -0.2) is 12.8 Å². The summed E-state index contributed by atoms with van der Waals surface area (Å²) in [6.45, 7) is 1.54. The van der Waals surface area contributed by atoms with E-state index in [1.54, 1.807) is 12.1 Å². The molecule has 0 fully saturated rings. The molecule has 1 atom stereocenters. The number of fused-ring (bicyclic) bond motifs is 1. The van der Waals surface area contributed by atoms with Gasteiger partial charge in [-0.3, -0.25) is 9.10 Å². The Morgan fingerprint density at radius 1 is 1.00 bits per heavy atom. The molecule has 0 unspecified atom stereocenters. The maximum Gasteiger partial charge on any atom is 0.264 e. The Balaban J connectivity index is 1.59. The van der Waals surface area contributed by atoms with Gasteiger partial charge in [-0.1, -0.05) is 25.1 Å². The lowest BCUT2D eigenvalue weighted by molar-refractivity contribution is -0.120. The minimum absolute atomic E-state index is 0.00199. The third-order valence-corrected chi connectivity index (χ3v) is 8.36. The number of anilines is 1. The molecule has 0 radical (unpaired) electrons. The number of aryl methyl sites for hydroxylation is 2. The van der Waals surface area contributed by atoms with Crippen LogP contribution in [-0.2, 0) is 27.7 Å². The number of carbonyl (C=O) groups excluding carboxylic acids is 1. The molecule has 0 bridgehead atoms. The van der Waals surface area contributed by atoms with E-state index in [4.69, 9.17) is 4.74 Å². The van der Waals surface area contributed by atoms with Crippen LogP contribution >= 0.6 is 0 Å². The molecule has 1 amide bonds. The summed E-state index contributed by atoms with van der Waals surface area (Å²) < 4.78 is 46.8. The Morgan fingerprint density at radius 2 is 1.67 bits per heavy atom. The first kappa shape index (κ1) is 25.7. The predicted molar refractivity (Wildman–Crippen MR) is 138 cm³/mol. The average Bonchev–Trinajstić information content (AvgIpc) is 2.90. The predicted octanol–water partition coefficient (Wildman–Crippen LogP) is 5.18. The van der Waals surface area contributed by atoms with Gasteiger partial charge in [-0.2, -0.15) is 0 Å². The number of carbonyl (C=O) groups is 1. The lowest BCUT2D eigenvalue weighted by Crippen LogP contribution is -2.42. The van der Waals surface area contributed by atoms with E-state index in [0.717, 1.165) is 29.1 Å². The van der Waals surface area contributed by atoms with Crippen molar-refractivity contribution >= 4 is 21.6 Å². The van der Waals surface area contributed by atoms with Crippen molar-refractivity contribution in [3.05, 3.63) is 89.2 Å². The summed E-state index contributed by atoms with van der Waals surface area (Å²) in [4.78, 5) is 13.2. The Labute approximate surface area is 212 Å². The van der Waals surface area contributed by atoms with Crippen LogP contribution in [0.5, 0.6) is 5.75 Å². The van der Waals surface area contributed by atoms with Gasteiger partial charge in [0.1, 0.15) is 18.1 Å². The summed E-state index contributed by atoms with van der Waals surface area (Å²) >= 11 is 0. The normalized spacial score (nSPS) is 14.0. The Morgan fingerprint density at radius 3 is 2.31 bits per heavy atom. The molecular formula is C28H31FN2O4S. The van der Waals surface area contributed by atoms with Crippen LogP contribution in [0.3, 0.4) is 0 Å². The van der Waals surface area contributed by atoms with Crippen LogP contribution in [0.4, 0.5) is 10.1 Å². The van der Waals surface area contributed by atoms with Gasteiger partial charge in [-0.05, 0) is 97.3 Å². The molecule has 4 rings (SSSR count). The van der Waals surface area contributed by atoms with Crippen LogP contribution in [0, 0.1) is 5.82 Å². The summed E-state index contributed by atoms with van der Waals surface area (Å²) in [6.07, 6.45) is 5.13. The number of sulfonamides is 1. The van der Waals surface area contributed by atoms with Gasteiger partial charge in [0.15, 0.2) is 0 Å². The van der Waals surface area contributed by atoms with Crippen molar-refractivity contribution in [2.45, 2.75) is 50.0 Å². The van der Waals surface area contributed by atoms with Gasteiger partial charge in [0.25, 0.3) is 10.0 Å². The van der Waals surface area contributed by atoms with E-state index in [1.165, 1.54) is 61.1 Å². The molecule has 8 heteroatoms. The zero-order valence-electron chi connectivity index (χ0n) is 20.5. The fourth-order valence-electron chi connectivity index (χ4n) is 4.56. The third-order valence-electron chi connectivity index (χ3n) is 6.57. The smallest absolute Gasteiger partial charge is 0.264 e. The first-order valence-corrected chi connectivity index (χ1v) is 13.6. The fraction of sp³-hybridized carbons (Fsp3) is 0.321. The number of benzene rings is 3. The molecule has 190 valence electrons. The molecule has 3 aromatic rings. The van der Waals surface area contributed by atoms with Gasteiger partial charge >= 0.3 is 0 Å². The van der Waals surface area contributed by atoms with E-state index < -0.39 is 28.3 Å². The van der Waals surface area contributed by atoms with Gasteiger partial charge in [0, 0.05) is 0 Å². The van der Waals surface area contributed by atoms with Crippen molar-refractivity contribution in [2.75, 3.05) is 18.0 Å². The van der Waals surface area contributed by atoms with Crippen LogP contribution < -0.4 is 14.4 Å². The lowest BCUT2D eigenvalue weighted by atomic mass is 9.89. The molecule has 0 saturated carbocycles. The summed E-state index contributed by atoms with van der Waals surface area (Å²) in [6, 6.07) is 17.1. The summed E-state index contributed by atoms with van der Waals surface area (Å²) in [5, 5.41) is 3.00. The molecule has 6 nitrogen and oxygen atoms in total. The van der Waals surface area contributed by atoms with Crippen LogP contribution in [0.1, 0.15) is 48.9 Å². The molecule has 0 spiro atoms. The number of hydrogen-bond donors (Lipinski definition) is 1. The van der Waals surface area contributed by atoms with Crippen LogP contribution in [0.15, 0.2) is 71.6 Å². The van der Waals surface area contributed by atoms with Crippen molar-refractivity contribution in [1.82, 2.24) is 5.32 Å². The van der Waals surface area contributed by atoms with Gasteiger partial charge < -0.3 is 10.1 Å². The second-order valence-electron chi connectivity index (χ2n) is 8.93.